The Bertz CT molecular complexity index is 773. The van der Waals surface area contributed by atoms with Gasteiger partial charge in [0.05, 0.1) is 37.8 Å². The minimum atomic E-state index is 0.331. The molecule has 6 nitrogen and oxygen atoms in total. The largest absolute Gasteiger partial charge is 0.493 e. The van der Waals surface area contributed by atoms with E-state index in [1.54, 1.807) is 14.2 Å². The molecule has 0 aliphatic carbocycles. The lowest BCUT2D eigenvalue weighted by Gasteiger charge is -2.15. The van der Waals surface area contributed by atoms with Gasteiger partial charge in [-0.1, -0.05) is 13.0 Å². The highest BCUT2D eigenvalue weighted by Gasteiger charge is 2.14. The highest BCUT2D eigenvalue weighted by molar-refractivity contribution is 7.80. The van der Waals surface area contributed by atoms with Crippen molar-refractivity contribution in [2.24, 2.45) is 0 Å². The summed E-state index contributed by atoms with van der Waals surface area (Å²) in [7, 11) is 3.27. The van der Waals surface area contributed by atoms with Gasteiger partial charge in [0, 0.05) is 6.04 Å². The molecule has 0 saturated carbocycles. The molecular formula is C19H28N4O2S. The highest BCUT2D eigenvalue weighted by atomic mass is 32.1. The molecule has 0 fully saturated rings. The van der Waals surface area contributed by atoms with E-state index in [1.807, 2.05) is 36.7 Å². The molecule has 2 aromatic rings. The summed E-state index contributed by atoms with van der Waals surface area (Å²) in [5.74, 6) is 1.43. The molecule has 0 radical (unpaired) electrons. The van der Waals surface area contributed by atoms with Crippen LogP contribution in [0.15, 0.2) is 18.2 Å². The lowest BCUT2D eigenvalue weighted by Crippen LogP contribution is -2.35. The number of anilines is 1. The molecule has 0 bridgehead atoms. The fourth-order valence-corrected chi connectivity index (χ4v) is 2.96. The first-order chi connectivity index (χ1) is 12.4. The predicted molar refractivity (Wildman–Crippen MR) is 109 cm³/mol. The first-order valence-corrected chi connectivity index (χ1v) is 9.12. The van der Waals surface area contributed by atoms with E-state index < -0.39 is 0 Å². The van der Waals surface area contributed by atoms with E-state index >= 15 is 0 Å². The van der Waals surface area contributed by atoms with Crippen LogP contribution in [0, 0.1) is 13.8 Å². The van der Waals surface area contributed by atoms with Crippen LogP contribution in [0.4, 0.5) is 5.69 Å². The smallest absolute Gasteiger partial charge is 0.171 e. The SMILES string of the molecule is CCC(C)NC(=S)Nc1c(C)nn(Cc2ccc(OC)c(OC)c2)c1C. The number of methoxy groups -OCH3 is 2. The molecule has 2 rings (SSSR count). The molecule has 1 heterocycles. The van der Waals surface area contributed by atoms with E-state index in [1.165, 1.54) is 0 Å². The van der Waals surface area contributed by atoms with Crippen LogP contribution in [0.25, 0.3) is 0 Å². The molecule has 2 N–H and O–H groups in total. The predicted octanol–water partition coefficient (Wildman–Crippen LogP) is 3.65. The number of hydrogen-bond donors (Lipinski definition) is 2. The second kappa shape index (κ2) is 8.89. The van der Waals surface area contributed by atoms with Gasteiger partial charge < -0.3 is 20.1 Å². The van der Waals surface area contributed by atoms with Crippen LogP contribution >= 0.6 is 12.2 Å². The average molecular weight is 377 g/mol. The summed E-state index contributed by atoms with van der Waals surface area (Å²) < 4.78 is 12.6. The van der Waals surface area contributed by atoms with Crippen molar-refractivity contribution in [3.63, 3.8) is 0 Å². The van der Waals surface area contributed by atoms with Crippen LogP contribution in [-0.2, 0) is 6.54 Å². The standard InChI is InChI=1S/C19H28N4O2S/c1-7-12(2)20-19(26)21-18-13(3)22-23(14(18)4)11-15-8-9-16(24-5)17(10-15)25-6/h8-10,12H,7,11H2,1-6H3,(H2,20,21,26). The van der Waals surface area contributed by atoms with E-state index in [-0.39, 0.29) is 0 Å². The number of hydrogen-bond acceptors (Lipinski definition) is 4. The Hall–Kier alpha value is -2.28. The zero-order valence-electron chi connectivity index (χ0n) is 16.3. The minimum Gasteiger partial charge on any atom is -0.493 e. The molecule has 0 aliphatic heterocycles. The molecular weight excluding hydrogens is 348 g/mol. The molecule has 1 atom stereocenters. The third kappa shape index (κ3) is 4.66. The van der Waals surface area contributed by atoms with Crippen LogP contribution in [0.1, 0.15) is 37.2 Å². The van der Waals surface area contributed by atoms with Crippen molar-refractivity contribution < 1.29 is 9.47 Å². The molecule has 0 saturated heterocycles. The molecule has 1 aromatic heterocycles. The maximum absolute atomic E-state index is 5.41. The van der Waals surface area contributed by atoms with Crippen molar-refractivity contribution in [1.82, 2.24) is 15.1 Å². The molecule has 7 heteroatoms. The number of benzene rings is 1. The molecule has 26 heavy (non-hydrogen) atoms. The van der Waals surface area contributed by atoms with Crippen molar-refractivity contribution in [1.29, 1.82) is 0 Å². The van der Waals surface area contributed by atoms with Crippen LogP contribution in [-0.4, -0.2) is 35.2 Å². The van der Waals surface area contributed by atoms with E-state index in [0.29, 0.717) is 29.2 Å². The summed E-state index contributed by atoms with van der Waals surface area (Å²) in [6.45, 7) is 8.88. The Kier molecular flexibility index (Phi) is 6.85. The summed E-state index contributed by atoms with van der Waals surface area (Å²) in [4.78, 5) is 0. The van der Waals surface area contributed by atoms with E-state index in [9.17, 15) is 0 Å². The fourth-order valence-electron chi connectivity index (χ4n) is 2.66. The number of nitrogens with zero attached hydrogens (tertiary/aromatic N) is 2. The molecule has 0 amide bonds. The molecule has 0 aliphatic rings. The van der Waals surface area contributed by atoms with Gasteiger partial charge in [-0.3, -0.25) is 4.68 Å². The zero-order valence-corrected chi connectivity index (χ0v) is 17.2. The number of nitrogens with one attached hydrogen (secondary N) is 2. The van der Waals surface area contributed by atoms with E-state index in [0.717, 1.165) is 29.1 Å². The first-order valence-electron chi connectivity index (χ1n) is 8.72. The van der Waals surface area contributed by atoms with Gasteiger partial charge in [0.2, 0.25) is 0 Å². The average Bonchev–Trinajstić information content (AvgIpc) is 2.88. The van der Waals surface area contributed by atoms with Gasteiger partial charge in [-0.25, -0.2) is 0 Å². The van der Waals surface area contributed by atoms with Gasteiger partial charge in [-0.05, 0) is 57.1 Å². The van der Waals surface area contributed by atoms with Crippen molar-refractivity contribution in [3.05, 3.63) is 35.2 Å². The normalized spacial score (nSPS) is 11.8. The van der Waals surface area contributed by atoms with Gasteiger partial charge in [0.15, 0.2) is 16.6 Å². The molecule has 1 unspecified atom stereocenters. The summed E-state index contributed by atoms with van der Waals surface area (Å²) in [6, 6.07) is 6.22. The summed E-state index contributed by atoms with van der Waals surface area (Å²) in [6.07, 6.45) is 1.01. The number of aryl methyl sites for hydroxylation is 1. The van der Waals surface area contributed by atoms with Crippen molar-refractivity contribution in [2.75, 3.05) is 19.5 Å². The van der Waals surface area contributed by atoms with Crippen molar-refractivity contribution in [2.45, 2.75) is 46.7 Å². The summed E-state index contributed by atoms with van der Waals surface area (Å²) in [5.41, 5.74) is 3.98. The van der Waals surface area contributed by atoms with Crippen LogP contribution in [0.5, 0.6) is 11.5 Å². The number of rotatable bonds is 7. The number of ether oxygens (including phenoxy) is 2. The molecule has 142 valence electrons. The third-order valence-corrected chi connectivity index (χ3v) is 4.61. The van der Waals surface area contributed by atoms with Crippen molar-refractivity contribution in [3.8, 4) is 11.5 Å². The first kappa shape index (κ1) is 20.0. The van der Waals surface area contributed by atoms with Gasteiger partial charge in [-0.2, -0.15) is 5.10 Å². The highest BCUT2D eigenvalue weighted by Crippen LogP contribution is 2.28. The van der Waals surface area contributed by atoms with E-state index in [2.05, 4.69) is 29.6 Å². The Morgan fingerprint density at radius 2 is 1.92 bits per heavy atom. The van der Waals surface area contributed by atoms with E-state index in [4.69, 9.17) is 21.7 Å². The van der Waals surface area contributed by atoms with Crippen molar-refractivity contribution >= 4 is 23.0 Å². The van der Waals surface area contributed by atoms with Gasteiger partial charge in [0.25, 0.3) is 0 Å². The number of aromatic nitrogens is 2. The lowest BCUT2D eigenvalue weighted by atomic mass is 10.2. The number of thiocarbonyl (C=S) groups is 1. The second-order valence-electron chi connectivity index (χ2n) is 6.30. The molecule has 0 spiro atoms. The van der Waals surface area contributed by atoms with Crippen LogP contribution in [0.2, 0.25) is 0 Å². The Morgan fingerprint density at radius 1 is 1.23 bits per heavy atom. The van der Waals surface area contributed by atoms with Gasteiger partial charge in [0.1, 0.15) is 0 Å². The van der Waals surface area contributed by atoms with Crippen LogP contribution < -0.4 is 20.1 Å². The fraction of sp³-hybridized carbons (Fsp3) is 0.474. The summed E-state index contributed by atoms with van der Waals surface area (Å²) >= 11 is 5.41. The monoisotopic (exact) mass is 376 g/mol. The topological polar surface area (TPSA) is 60.3 Å². The minimum absolute atomic E-state index is 0.331. The second-order valence-corrected chi connectivity index (χ2v) is 6.71. The lowest BCUT2D eigenvalue weighted by molar-refractivity contribution is 0.354. The van der Waals surface area contributed by atoms with Crippen LogP contribution in [0.3, 0.4) is 0 Å². The summed E-state index contributed by atoms with van der Waals surface area (Å²) in [5, 5.41) is 11.8. The zero-order chi connectivity index (χ0) is 19.3. The maximum atomic E-state index is 5.41. The Labute approximate surface area is 160 Å². The molecule has 1 aromatic carbocycles. The Balaban J connectivity index is 2.18. The van der Waals surface area contributed by atoms with Gasteiger partial charge in [-0.15, -0.1) is 0 Å². The quantitative estimate of drug-likeness (QED) is 0.720. The van der Waals surface area contributed by atoms with Gasteiger partial charge >= 0.3 is 0 Å². The maximum Gasteiger partial charge on any atom is 0.171 e. The third-order valence-electron chi connectivity index (χ3n) is 4.39. The Morgan fingerprint density at radius 3 is 2.54 bits per heavy atom.